The van der Waals surface area contributed by atoms with Gasteiger partial charge in [-0.25, -0.2) is 0 Å². The standard InChI is InChI=1S/C12H14ClN/c1-10(14-8-4-5-9-14)11-6-2-3-7-12(11)13/h2-3,6-7H,1,4-5,8-9H2. The van der Waals surface area contributed by atoms with Crippen molar-refractivity contribution in [2.45, 2.75) is 12.8 Å². The van der Waals surface area contributed by atoms with Crippen LogP contribution in [0.3, 0.4) is 0 Å². The summed E-state index contributed by atoms with van der Waals surface area (Å²) in [6.45, 7) is 6.34. The van der Waals surface area contributed by atoms with Gasteiger partial charge in [-0.2, -0.15) is 0 Å². The Balaban J connectivity index is 2.22. The van der Waals surface area contributed by atoms with Crippen molar-refractivity contribution < 1.29 is 0 Å². The van der Waals surface area contributed by atoms with Crippen LogP contribution >= 0.6 is 11.6 Å². The number of halogens is 1. The van der Waals surface area contributed by atoms with E-state index in [1.807, 2.05) is 24.3 Å². The molecule has 1 aromatic rings. The van der Waals surface area contributed by atoms with Gasteiger partial charge in [0.05, 0.1) is 0 Å². The summed E-state index contributed by atoms with van der Waals surface area (Å²) in [6, 6.07) is 7.90. The maximum atomic E-state index is 6.11. The van der Waals surface area contributed by atoms with E-state index in [4.69, 9.17) is 11.6 Å². The van der Waals surface area contributed by atoms with Gasteiger partial charge in [0, 0.05) is 29.4 Å². The topological polar surface area (TPSA) is 3.24 Å². The van der Waals surface area contributed by atoms with Gasteiger partial charge in [-0.05, 0) is 18.9 Å². The minimum absolute atomic E-state index is 0.796. The Labute approximate surface area is 90.0 Å². The van der Waals surface area contributed by atoms with Gasteiger partial charge >= 0.3 is 0 Å². The molecule has 0 bridgehead atoms. The van der Waals surface area contributed by atoms with Gasteiger partial charge in [0.15, 0.2) is 0 Å². The van der Waals surface area contributed by atoms with Crippen LogP contribution in [0, 0.1) is 0 Å². The van der Waals surface area contributed by atoms with Crippen LogP contribution in [0.4, 0.5) is 0 Å². The summed E-state index contributed by atoms with van der Waals surface area (Å²) in [4.78, 5) is 2.31. The Morgan fingerprint density at radius 3 is 2.50 bits per heavy atom. The summed E-state index contributed by atoms with van der Waals surface area (Å²) in [6.07, 6.45) is 2.53. The highest BCUT2D eigenvalue weighted by Gasteiger charge is 2.15. The van der Waals surface area contributed by atoms with Gasteiger partial charge in [-0.15, -0.1) is 0 Å². The lowest BCUT2D eigenvalue weighted by Crippen LogP contribution is -2.16. The Hall–Kier alpha value is -0.950. The fourth-order valence-electron chi connectivity index (χ4n) is 1.85. The first kappa shape index (κ1) is 9.60. The summed E-state index contributed by atoms with van der Waals surface area (Å²) in [5.74, 6) is 0. The van der Waals surface area contributed by atoms with Crippen molar-refractivity contribution >= 4 is 17.3 Å². The fraction of sp³-hybridized carbons (Fsp3) is 0.333. The molecule has 2 rings (SSSR count). The second kappa shape index (κ2) is 4.05. The molecule has 14 heavy (non-hydrogen) atoms. The van der Waals surface area contributed by atoms with E-state index in [1.54, 1.807) is 0 Å². The van der Waals surface area contributed by atoms with Crippen molar-refractivity contribution in [2.75, 3.05) is 13.1 Å². The molecule has 1 fully saturated rings. The lowest BCUT2D eigenvalue weighted by Gasteiger charge is -2.21. The Bertz CT molecular complexity index is 340. The quantitative estimate of drug-likeness (QED) is 0.719. The molecule has 0 radical (unpaired) electrons. The molecule has 1 heterocycles. The third-order valence-corrected chi connectivity index (χ3v) is 3.00. The smallest absolute Gasteiger partial charge is 0.0498 e. The van der Waals surface area contributed by atoms with Crippen LogP contribution < -0.4 is 0 Å². The first-order valence-corrected chi connectivity index (χ1v) is 5.35. The second-order valence-electron chi connectivity index (χ2n) is 3.62. The van der Waals surface area contributed by atoms with E-state index in [-0.39, 0.29) is 0 Å². The van der Waals surface area contributed by atoms with Crippen molar-refractivity contribution in [1.29, 1.82) is 0 Å². The molecular formula is C12H14ClN. The fourth-order valence-corrected chi connectivity index (χ4v) is 2.10. The first-order valence-electron chi connectivity index (χ1n) is 4.98. The molecule has 0 unspecified atom stereocenters. The van der Waals surface area contributed by atoms with E-state index in [1.165, 1.54) is 12.8 Å². The molecule has 0 saturated carbocycles. The van der Waals surface area contributed by atoms with E-state index < -0.39 is 0 Å². The molecule has 1 nitrogen and oxygen atoms in total. The monoisotopic (exact) mass is 207 g/mol. The van der Waals surface area contributed by atoms with Crippen LogP contribution in [0.2, 0.25) is 5.02 Å². The molecule has 0 aliphatic carbocycles. The Morgan fingerprint density at radius 1 is 1.21 bits per heavy atom. The lowest BCUT2D eigenvalue weighted by atomic mass is 10.1. The molecule has 2 heteroatoms. The van der Waals surface area contributed by atoms with Crippen molar-refractivity contribution in [2.24, 2.45) is 0 Å². The largest absolute Gasteiger partial charge is 0.371 e. The van der Waals surface area contributed by atoms with Crippen LogP contribution in [0.25, 0.3) is 5.70 Å². The van der Waals surface area contributed by atoms with Crippen molar-refractivity contribution in [3.63, 3.8) is 0 Å². The number of benzene rings is 1. The minimum Gasteiger partial charge on any atom is -0.371 e. The van der Waals surface area contributed by atoms with Gasteiger partial charge in [-0.1, -0.05) is 36.4 Å². The van der Waals surface area contributed by atoms with E-state index in [0.29, 0.717) is 0 Å². The molecule has 1 aliphatic rings. The van der Waals surface area contributed by atoms with Crippen LogP contribution in [0.5, 0.6) is 0 Å². The average molecular weight is 208 g/mol. The normalized spacial score (nSPS) is 15.9. The van der Waals surface area contributed by atoms with Crippen molar-refractivity contribution in [3.05, 3.63) is 41.4 Å². The third kappa shape index (κ3) is 1.78. The first-order chi connectivity index (χ1) is 6.79. The number of rotatable bonds is 2. The summed E-state index contributed by atoms with van der Waals surface area (Å²) in [5.41, 5.74) is 2.13. The number of nitrogens with zero attached hydrogens (tertiary/aromatic N) is 1. The van der Waals surface area contributed by atoms with Gasteiger partial charge in [0.1, 0.15) is 0 Å². The molecule has 1 saturated heterocycles. The highest BCUT2D eigenvalue weighted by atomic mass is 35.5. The zero-order valence-electron chi connectivity index (χ0n) is 8.17. The average Bonchev–Trinajstić information content (AvgIpc) is 2.70. The number of likely N-dealkylation sites (tertiary alicyclic amines) is 1. The van der Waals surface area contributed by atoms with Gasteiger partial charge < -0.3 is 4.90 Å². The van der Waals surface area contributed by atoms with Crippen LogP contribution in [-0.2, 0) is 0 Å². The third-order valence-electron chi connectivity index (χ3n) is 2.67. The second-order valence-corrected chi connectivity index (χ2v) is 4.03. The van der Waals surface area contributed by atoms with Gasteiger partial charge in [0.2, 0.25) is 0 Å². The van der Waals surface area contributed by atoms with Crippen LogP contribution in [0.1, 0.15) is 18.4 Å². The predicted molar refractivity (Wildman–Crippen MR) is 61.3 cm³/mol. The molecule has 1 aromatic carbocycles. The SMILES string of the molecule is C=C(c1ccccc1Cl)N1CCCC1. The summed E-state index contributed by atoms with van der Waals surface area (Å²) in [5, 5.41) is 0.796. The van der Waals surface area contributed by atoms with E-state index in [0.717, 1.165) is 29.4 Å². The van der Waals surface area contributed by atoms with Gasteiger partial charge in [-0.3, -0.25) is 0 Å². The highest BCUT2D eigenvalue weighted by Crippen LogP contribution is 2.27. The maximum Gasteiger partial charge on any atom is 0.0498 e. The van der Waals surface area contributed by atoms with Crippen molar-refractivity contribution in [3.8, 4) is 0 Å². The molecule has 1 aliphatic heterocycles. The summed E-state index contributed by atoms with van der Waals surface area (Å²) < 4.78 is 0. The Morgan fingerprint density at radius 2 is 1.86 bits per heavy atom. The molecule has 0 atom stereocenters. The molecule has 0 N–H and O–H groups in total. The molecule has 0 spiro atoms. The number of hydrogen-bond acceptors (Lipinski definition) is 1. The van der Waals surface area contributed by atoms with Crippen LogP contribution in [0.15, 0.2) is 30.8 Å². The molecule has 74 valence electrons. The number of hydrogen-bond donors (Lipinski definition) is 0. The summed E-state index contributed by atoms with van der Waals surface area (Å²) >= 11 is 6.11. The van der Waals surface area contributed by atoms with Crippen molar-refractivity contribution in [1.82, 2.24) is 4.90 Å². The lowest BCUT2D eigenvalue weighted by molar-refractivity contribution is 0.494. The highest BCUT2D eigenvalue weighted by molar-refractivity contribution is 6.32. The van der Waals surface area contributed by atoms with Crippen LogP contribution in [-0.4, -0.2) is 18.0 Å². The molecular weight excluding hydrogens is 194 g/mol. The minimum atomic E-state index is 0.796. The molecule has 0 amide bonds. The predicted octanol–water partition coefficient (Wildman–Crippen LogP) is 3.41. The Kier molecular flexibility index (Phi) is 2.78. The zero-order valence-corrected chi connectivity index (χ0v) is 8.93. The van der Waals surface area contributed by atoms with E-state index >= 15 is 0 Å². The summed E-state index contributed by atoms with van der Waals surface area (Å²) in [7, 11) is 0. The van der Waals surface area contributed by atoms with Gasteiger partial charge in [0.25, 0.3) is 0 Å². The van der Waals surface area contributed by atoms with E-state index in [2.05, 4.69) is 11.5 Å². The molecule has 0 aromatic heterocycles. The maximum absolute atomic E-state index is 6.11. The zero-order chi connectivity index (χ0) is 9.97. The van der Waals surface area contributed by atoms with E-state index in [9.17, 15) is 0 Å².